The van der Waals surface area contributed by atoms with Crippen LogP contribution in [0, 0.1) is 0 Å². The van der Waals surface area contributed by atoms with Crippen LogP contribution >= 0.6 is 0 Å². The maximum atomic E-state index is 12.8. The first kappa shape index (κ1) is 14.3. The number of hydrogen-bond donors (Lipinski definition) is 1. The van der Waals surface area contributed by atoms with Gasteiger partial charge in [0.2, 0.25) is 0 Å². The Kier molecular flexibility index (Phi) is 3.44. The Morgan fingerprint density at radius 2 is 2.05 bits per heavy atom. The Morgan fingerprint density at radius 1 is 1.23 bits per heavy atom. The number of aryl methyl sites for hydroxylation is 1. The van der Waals surface area contributed by atoms with Crippen molar-refractivity contribution in [2.45, 2.75) is 19.5 Å². The molecule has 0 spiro atoms. The van der Waals surface area contributed by atoms with Gasteiger partial charge in [0.25, 0.3) is 5.78 Å². The molecule has 2 aromatic heterocycles. The Bertz CT molecular complexity index is 810. The average molecular weight is 307 g/mol. The van der Waals surface area contributed by atoms with Crippen molar-refractivity contribution in [3.63, 3.8) is 0 Å². The van der Waals surface area contributed by atoms with E-state index in [1.807, 2.05) is 6.92 Å². The predicted molar refractivity (Wildman–Crippen MR) is 74.9 cm³/mol. The lowest BCUT2D eigenvalue weighted by Crippen LogP contribution is -2.07. The van der Waals surface area contributed by atoms with E-state index in [-0.39, 0.29) is 0 Å². The van der Waals surface area contributed by atoms with Crippen molar-refractivity contribution in [2.24, 2.45) is 0 Å². The van der Waals surface area contributed by atoms with Crippen molar-refractivity contribution in [3.8, 4) is 0 Å². The number of fused-ring (bicyclic) bond motifs is 1. The molecule has 0 aliphatic rings. The van der Waals surface area contributed by atoms with Crippen molar-refractivity contribution < 1.29 is 13.2 Å². The highest BCUT2D eigenvalue weighted by molar-refractivity contribution is 5.59. The van der Waals surface area contributed by atoms with Crippen LogP contribution in [0.3, 0.4) is 0 Å². The Hall–Kier alpha value is -2.64. The smallest absolute Gasteiger partial charge is 0.340 e. The first-order chi connectivity index (χ1) is 10.5. The number of benzene rings is 1. The monoisotopic (exact) mass is 307 g/mol. The minimum Gasteiger partial charge on any atom is -0.340 e. The lowest BCUT2D eigenvalue weighted by atomic mass is 10.2. The number of anilines is 2. The molecule has 8 heteroatoms. The number of nitrogens with one attached hydrogen (secondary N) is 1. The third-order valence-corrected chi connectivity index (χ3v) is 3.13. The molecule has 1 N–H and O–H groups in total. The van der Waals surface area contributed by atoms with Gasteiger partial charge >= 0.3 is 6.18 Å². The van der Waals surface area contributed by atoms with Crippen LogP contribution < -0.4 is 5.32 Å². The zero-order valence-electron chi connectivity index (χ0n) is 11.6. The molecule has 3 rings (SSSR count). The summed E-state index contributed by atoms with van der Waals surface area (Å²) in [7, 11) is 0. The van der Waals surface area contributed by atoms with Crippen LogP contribution in [0.15, 0.2) is 36.7 Å². The van der Waals surface area contributed by atoms with E-state index in [1.165, 1.54) is 16.9 Å². The average Bonchev–Trinajstić information content (AvgIpc) is 2.95. The van der Waals surface area contributed by atoms with Gasteiger partial charge in [-0.3, -0.25) is 0 Å². The van der Waals surface area contributed by atoms with Crippen molar-refractivity contribution in [2.75, 3.05) is 5.32 Å². The van der Waals surface area contributed by atoms with Crippen LogP contribution in [0.2, 0.25) is 0 Å². The van der Waals surface area contributed by atoms with Crippen LogP contribution in [0.5, 0.6) is 0 Å². The molecule has 0 saturated carbocycles. The molecule has 0 unspecified atom stereocenters. The Morgan fingerprint density at radius 3 is 2.77 bits per heavy atom. The quantitative estimate of drug-likeness (QED) is 0.805. The number of hydrogen-bond acceptors (Lipinski definition) is 4. The third kappa shape index (κ3) is 2.72. The molecule has 22 heavy (non-hydrogen) atoms. The fraction of sp³-hybridized carbons (Fsp3) is 0.214. The van der Waals surface area contributed by atoms with Gasteiger partial charge < -0.3 is 5.32 Å². The van der Waals surface area contributed by atoms with E-state index >= 15 is 0 Å². The highest BCUT2D eigenvalue weighted by Gasteiger charge is 2.30. The summed E-state index contributed by atoms with van der Waals surface area (Å²) in [6, 6.07) is 6.73. The molecule has 114 valence electrons. The minimum absolute atomic E-state index is 0.319. The van der Waals surface area contributed by atoms with Gasteiger partial charge in [-0.15, -0.1) is 0 Å². The van der Waals surface area contributed by atoms with Gasteiger partial charge in [0.1, 0.15) is 12.1 Å². The van der Waals surface area contributed by atoms with Gasteiger partial charge in [0.05, 0.1) is 5.56 Å². The summed E-state index contributed by atoms with van der Waals surface area (Å²) < 4.78 is 39.7. The number of aromatic nitrogens is 4. The molecule has 0 atom stereocenters. The van der Waals surface area contributed by atoms with E-state index in [9.17, 15) is 13.2 Å². The second kappa shape index (κ2) is 5.28. The number of alkyl halides is 3. The molecule has 5 nitrogen and oxygen atoms in total. The lowest BCUT2D eigenvalue weighted by Gasteiger charge is -2.12. The van der Waals surface area contributed by atoms with E-state index < -0.39 is 11.7 Å². The molecule has 0 amide bonds. The van der Waals surface area contributed by atoms with Gasteiger partial charge in [-0.05, 0) is 24.6 Å². The third-order valence-electron chi connectivity index (χ3n) is 3.13. The maximum Gasteiger partial charge on any atom is 0.416 e. The summed E-state index contributed by atoms with van der Waals surface area (Å²) in [4.78, 5) is 8.29. The molecule has 0 aliphatic heterocycles. The normalized spacial score (nSPS) is 11.8. The van der Waals surface area contributed by atoms with Crippen molar-refractivity contribution in [1.82, 2.24) is 19.6 Å². The SMILES string of the molecule is CCc1cc(Nc2cccc(C(F)(F)F)c2)n2ncnc2n1. The summed E-state index contributed by atoms with van der Waals surface area (Å²) >= 11 is 0. The molecule has 0 saturated heterocycles. The Balaban J connectivity index is 2.01. The van der Waals surface area contributed by atoms with Crippen molar-refractivity contribution >= 4 is 17.3 Å². The van der Waals surface area contributed by atoms with E-state index in [4.69, 9.17) is 0 Å². The van der Waals surface area contributed by atoms with E-state index in [0.717, 1.165) is 17.8 Å². The number of halogens is 3. The van der Waals surface area contributed by atoms with Crippen LogP contribution in [0.4, 0.5) is 24.7 Å². The highest BCUT2D eigenvalue weighted by atomic mass is 19.4. The fourth-order valence-corrected chi connectivity index (χ4v) is 2.05. The molecule has 0 radical (unpaired) electrons. The first-order valence-electron chi connectivity index (χ1n) is 6.61. The number of rotatable bonds is 3. The standard InChI is InChI=1S/C14H12F3N5/c1-2-10-7-12(22-13(21-10)18-8-19-22)20-11-5-3-4-9(6-11)14(15,16)17/h3-8,20H,2H2,1H3. The summed E-state index contributed by atoms with van der Waals surface area (Å²) in [6.07, 6.45) is -2.35. The topological polar surface area (TPSA) is 55.1 Å². The van der Waals surface area contributed by atoms with Gasteiger partial charge in [0.15, 0.2) is 0 Å². The van der Waals surface area contributed by atoms with E-state index in [2.05, 4.69) is 20.4 Å². The molecule has 2 heterocycles. The van der Waals surface area contributed by atoms with Crippen LogP contribution in [-0.4, -0.2) is 19.6 Å². The molecule has 0 bridgehead atoms. The van der Waals surface area contributed by atoms with Gasteiger partial charge in [-0.2, -0.15) is 27.8 Å². The van der Waals surface area contributed by atoms with E-state index in [0.29, 0.717) is 23.7 Å². The van der Waals surface area contributed by atoms with Gasteiger partial charge in [-0.25, -0.2) is 4.98 Å². The second-order valence-electron chi connectivity index (χ2n) is 4.66. The van der Waals surface area contributed by atoms with Gasteiger partial charge in [0, 0.05) is 17.4 Å². The largest absolute Gasteiger partial charge is 0.416 e. The second-order valence-corrected chi connectivity index (χ2v) is 4.66. The summed E-state index contributed by atoms with van der Waals surface area (Å²) in [6.45, 7) is 1.93. The fourth-order valence-electron chi connectivity index (χ4n) is 2.05. The first-order valence-corrected chi connectivity index (χ1v) is 6.61. The predicted octanol–water partition coefficient (Wildman–Crippen LogP) is 3.45. The van der Waals surface area contributed by atoms with E-state index in [1.54, 1.807) is 12.1 Å². The zero-order chi connectivity index (χ0) is 15.7. The molecule has 0 fully saturated rings. The molecular weight excluding hydrogens is 295 g/mol. The molecule has 0 aliphatic carbocycles. The maximum absolute atomic E-state index is 12.8. The van der Waals surface area contributed by atoms with Crippen molar-refractivity contribution in [1.29, 1.82) is 0 Å². The molecule has 1 aromatic carbocycles. The molecular formula is C14H12F3N5. The highest BCUT2D eigenvalue weighted by Crippen LogP contribution is 2.31. The minimum atomic E-state index is -4.38. The van der Waals surface area contributed by atoms with Crippen LogP contribution in [-0.2, 0) is 12.6 Å². The van der Waals surface area contributed by atoms with Crippen molar-refractivity contribution in [3.05, 3.63) is 47.9 Å². The summed E-state index contributed by atoms with van der Waals surface area (Å²) in [5.74, 6) is 0.910. The zero-order valence-corrected chi connectivity index (χ0v) is 11.6. The van der Waals surface area contributed by atoms with Gasteiger partial charge in [-0.1, -0.05) is 13.0 Å². The Labute approximate surface area is 123 Å². The molecule has 3 aromatic rings. The van der Waals surface area contributed by atoms with Crippen LogP contribution in [0.1, 0.15) is 18.2 Å². The lowest BCUT2D eigenvalue weighted by molar-refractivity contribution is -0.137. The summed E-state index contributed by atoms with van der Waals surface area (Å²) in [5.41, 5.74) is 0.381. The number of nitrogens with zero attached hydrogens (tertiary/aromatic N) is 4. The van der Waals surface area contributed by atoms with Crippen LogP contribution in [0.25, 0.3) is 5.78 Å². The summed E-state index contributed by atoms with van der Waals surface area (Å²) in [5, 5.41) is 6.96.